The van der Waals surface area contributed by atoms with E-state index in [2.05, 4.69) is 10.3 Å². The minimum Gasteiger partial charge on any atom is -0.495 e. The predicted molar refractivity (Wildman–Crippen MR) is 123 cm³/mol. The first-order valence-corrected chi connectivity index (χ1v) is 11.9. The van der Waals surface area contributed by atoms with E-state index in [1.165, 1.54) is 29.6 Å². The van der Waals surface area contributed by atoms with Gasteiger partial charge in [0.1, 0.15) is 5.75 Å². The summed E-state index contributed by atoms with van der Waals surface area (Å²) in [6, 6.07) is 12.4. The number of hydrogen-bond acceptors (Lipinski definition) is 5. The number of amides is 1. The van der Waals surface area contributed by atoms with Crippen molar-refractivity contribution in [3.63, 3.8) is 0 Å². The number of aromatic amines is 1. The van der Waals surface area contributed by atoms with E-state index < -0.39 is 15.9 Å². The third-order valence-electron chi connectivity index (χ3n) is 5.51. The normalized spacial score (nSPS) is 17.2. The van der Waals surface area contributed by atoms with E-state index in [9.17, 15) is 18.0 Å². The van der Waals surface area contributed by atoms with Crippen LogP contribution in [0, 0.1) is 5.92 Å². The Hall–Kier alpha value is -2.88. The highest BCUT2D eigenvalue weighted by Gasteiger charge is 2.33. The van der Waals surface area contributed by atoms with Crippen LogP contribution in [0.2, 0.25) is 5.02 Å². The monoisotopic (exact) mass is 475 g/mol. The lowest BCUT2D eigenvalue weighted by Gasteiger charge is -2.31. The fourth-order valence-electron chi connectivity index (χ4n) is 3.81. The second-order valence-corrected chi connectivity index (χ2v) is 9.96. The molecule has 0 saturated carbocycles. The largest absolute Gasteiger partial charge is 0.495 e. The summed E-state index contributed by atoms with van der Waals surface area (Å²) in [5, 5.41) is 3.80. The van der Waals surface area contributed by atoms with E-state index in [1.807, 2.05) is 0 Å². The lowest BCUT2D eigenvalue weighted by atomic mass is 9.98. The molecule has 1 atom stereocenters. The van der Waals surface area contributed by atoms with Crippen LogP contribution >= 0.6 is 11.6 Å². The predicted octanol–water partition coefficient (Wildman–Crippen LogP) is 3.23. The van der Waals surface area contributed by atoms with E-state index >= 15 is 0 Å². The summed E-state index contributed by atoms with van der Waals surface area (Å²) < 4.78 is 32.9. The molecular formula is C22H22ClN3O5S. The molecule has 0 aliphatic carbocycles. The van der Waals surface area contributed by atoms with Gasteiger partial charge in [-0.3, -0.25) is 9.59 Å². The Morgan fingerprint density at radius 3 is 2.75 bits per heavy atom. The highest BCUT2D eigenvalue weighted by molar-refractivity contribution is 7.89. The number of H-pyrrole nitrogens is 1. The molecule has 1 aliphatic rings. The number of carbonyl (C=O) groups is 1. The van der Waals surface area contributed by atoms with Crippen molar-refractivity contribution in [1.82, 2.24) is 9.29 Å². The number of ether oxygens (including phenoxy) is 1. The van der Waals surface area contributed by atoms with Gasteiger partial charge in [0, 0.05) is 30.4 Å². The van der Waals surface area contributed by atoms with Crippen LogP contribution in [0.1, 0.15) is 12.8 Å². The number of hydrogen-bond donors (Lipinski definition) is 2. The number of fused-ring (bicyclic) bond motifs is 1. The molecule has 1 aromatic heterocycles. The van der Waals surface area contributed by atoms with Crippen molar-refractivity contribution in [1.29, 1.82) is 0 Å². The van der Waals surface area contributed by atoms with Gasteiger partial charge in [0.05, 0.1) is 22.9 Å². The van der Waals surface area contributed by atoms with E-state index in [0.29, 0.717) is 46.7 Å². The van der Waals surface area contributed by atoms with Crippen LogP contribution < -0.4 is 15.6 Å². The van der Waals surface area contributed by atoms with Gasteiger partial charge in [-0.25, -0.2) is 8.42 Å². The number of rotatable bonds is 5. The Kier molecular flexibility index (Phi) is 6.23. The summed E-state index contributed by atoms with van der Waals surface area (Å²) in [5.74, 6) is -0.252. The molecule has 0 radical (unpaired) electrons. The van der Waals surface area contributed by atoms with Gasteiger partial charge in [0.25, 0.3) is 0 Å². The maximum Gasteiger partial charge on any atom is 0.248 e. The third kappa shape index (κ3) is 4.50. The van der Waals surface area contributed by atoms with E-state index in [0.717, 1.165) is 0 Å². The Morgan fingerprint density at radius 1 is 1.19 bits per heavy atom. The Balaban J connectivity index is 1.51. The summed E-state index contributed by atoms with van der Waals surface area (Å²) >= 11 is 6.12. The van der Waals surface area contributed by atoms with E-state index in [1.54, 1.807) is 30.3 Å². The molecule has 0 unspecified atom stereocenters. The van der Waals surface area contributed by atoms with Gasteiger partial charge in [-0.2, -0.15) is 4.31 Å². The number of benzene rings is 2. The minimum atomic E-state index is -3.79. The molecule has 0 bridgehead atoms. The lowest BCUT2D eigenvalue weighted by Crippen LogP contribution is -2.43. The molecule has 8 nitrogen and oxygen atoms in total. The van der Waals surface area contributed by atoms with Gasteiger partial charge in [-0.15, -0.1) is 0 Å². The highest BCUT2D eigenvalue weighted by atomic mass is 35.5. The zero-order chi connectivity index (χ0) is 22.9. The number of pyridine rings is 1. The minimum absolute atomic E-state index is 0.0850. The Bertz CT molecular complexity index is 1340. The molecule has 2 heterocycles. The number of nitrogens with zero attached hydrogens (tertiary/aromatic N) is 1. The van der Waals surface area contributed by atoms with Crippen molar-refractivity contribution in [2.24, 2.45) is 5.92 Å². The molecule has 1 aliphatic heterocycles. The van der Waals surface area contributed by atoms with Crippen molar-refractivity contribution in [3.8, 4) is 5.75 Å². The van der Waals surface area contributed by atoms with Crippen LogP contribution in [0.4, 0.5) is 5.69 Å². The van der Waals surface area contributed by atoms with Crippen LogP contribution in [0.15, 0.2) is 58.2 Å². The second-order valence-electron chi connectivity index (χ2n) is 7.61. The number of aromatic nitrogens is 1. The SMILES string of the molecule is COc1ccc(NC(=O)[C@@H]2CCCN(S(=O)(=O)c3ccc4[nH]c(=O)ccc4c3)C2)cc1Cl. The molecule has 2 N–H and O–H groups in total. The topological polar surface area (TPSA) is 109 Å². The molecule has 10 heteroatoms. The maximum atomic E-state index is 13.2. The summed E-state index contributed by atoms with van der Waals surface area (Å²) in [6.45, 7) is 0.422. The van der Waals surface area contributed by atoms with Gasteiger partial charge < -0.3 is 15.0 Å². The number of nitrogens with one attached hydrogen (secondary N) is 2. The first kappa shape index (κ1) is 22.3. The third-order valence-corrected chi connectivity index (χ3v) is 7.66. The summed E-state index contributed by atoms with van der Waals surface area (Å²) in [7, 11) is -2.29. The van der Waals surface area contributed by atoms with Gasteiger partial charge in [-0.05, 0) is 60.7 Å². The number of carbonyl (C=O) groups excluding carboxylic acids is 1. The fourth-order valence-corrected chi connectivity index (χ4v) is 5.62. The standard InChI is InChI=1S/C22H22ClN3O5S/c1-31-20-8-5-16(12-18(20)23)24-22(28)15-3-2-10-26(13-15)32(29,30)17-6-7-19-14(11-17)4-9-21(27)25-19/h4-9,11-12,15H,2-3,10,13H2,1H3,(H,24,28)(H,25,27)/t15-/m1/s1. The van der Waals surface area contributed by atoms with Gasteiger partial charge in [-0.1, -0.05) is 11.6 Å². The summed E-state index contributed by atoms with van der Waals surface area (Å²) in [5.41, 5.74) is 0.825. The van der Waals surface area contributed by atoms with Crippen molar-refractivity contribution in [2.45, 2.75) is 17.7 Å². The lowest BCUT2D eigenvalue weighted by molar-refractivity contribution is -0.120. The average molecular weight is 476 g/mol. The van der Waals surface area contributed by atoms with Crippen LogP contribution in [0.25, 0.3) is 10.9 Å². The zero-order valence-corrected chi connectivity index (χ0v) is 18.9. The number of anilines is 1. The Morgan fingerprint density at radius 2 is 2.00 bits per heavy atom. The van der Waals surface area contributed by atoms with Crippen LogP contribution in [-0.4, -0.2) is 43.8 Å². The van der Waals surface area contributed by atoms with Crippen LogP contribution in [-0.2, 0) is 14.8 Å². The summed E-state index contributed by atoms with van der Waals surface area (Å²) in [6.07, 6.45) is 1.16. The van der Waals surface area contributed by atoms with E-state index in [-0.39, 0.29) is 22.9 Å². The first-order valence-electron chi connectivity index (χ1n) is 10.1. The van der Waals surface area contributed by atoms with Crippen LogP contribution in [0.5, 0.6) is 5.75 Å². The molecular weight excluding hydrogens is 454 g/mol. The molecule has 1 fully saturated rings. The second kappa shape index (κ2) is 8.93. The van der Waals surface area contributed by atoms with Gasteiger partial charge in [0.2, 0.25) is 21.5 Å². The van der Waals surface area contributed by atoms with Crippen LogP contribution in [0.3, 0.4) is 0 Å². The quantitative estimate of drug-likeness (QED) is 0.589. The molecule has 1 amide bonds. The van der Waals surface area contributed by atoms with Gasteiger partial charge in [0.15, 0.2) is 0 Å². The number of piperidine rings is 1. The first-order chi connectivity index (χ1) is 15.3. The molecule has 2 aromatic carbocycles. The van der Waals surface area contributed by atoms with Crippen molar-refractivity contribution in [2.75, 3.05) is 25.5 Å². The molecule has 4 rings (SSSR count). The smallest absolute Gasteiger partial charge is 0.248 e. The number of methoxy groups -OCH3 is 1. The van der Waals surface area contributed by atoms with Gasteiger partial charge >= 0.3 is 0 Å². The highest BCUT2D eigenvalue weighted by Crippen LogP contribution is 2.29. The molecule has 168 valence electrons. The van der Waals surface area contributed by atoms with E-state index in [4.69, 9.17) is 16.3 Å². The van der Waals surface area contributed by atoms with Crippen molar-refractivity contribution in [3.05, 3.63) is 63.9 Å². The Labute approximate surface area is 190 Å². The molecule has 1 saturated heterocycles. The van der Waals surface area contributed by atoms with Crippen molar-refractivity contribution >= 4 is 44.1 Å². The fraction of sp³-hybridized carbons (Fsp3) is 0.273. The maximum absolute atomic E-state index is 13.2. The molecule has 0 spiro atoms. The number of halogens is 1. The summed E-state index contributed by atoms with van der Waals surface area (Å²) in [4.78, 5) is 27.1. The number of sulfonamides is 1. The van der Waals surface area contributed by atoms with Crippen molar-refractivity contribution < 1.29 is 17.9 Å². The average Bonchev–Trinajstić information content (AvgIpc) is 2.79. The molecule has 3 aromatic rings. The molecule has 32 heavy (non-hydrogen) atoms. The zero-order valence-electron chi connectivity index (χ0n) is 17.3.